The van der Waals surface area contributed by atoms with Crippen LogP contribution in [-0.2, 0) is 6.54 Å². The summed E-state index contributed by atoms with van der Waals surface area (Å²) in [5.41, 5.74) is 7.28. The maximum Gasteiger partial charge on any atom is 0.270 e. The van der Waals surface area contributed by atoms with Crippen LogP contribution in [0.15, 0.2) is 24.4 Å². The molecule has 0 amide bonds. The lowest BCUT2D eigenvalue weighted by molar-refractivity contribution is -0.384. The maximum atomic E-state index is 10.6. The average Bonchev–Trinajstić information content (AvgIpc) is 2.88. The number of nitro benzene ring substituents is 1. The minimum absolute atomic E-state index is 0.0361. The van der Waals surface area contributed by atoms with Crippen molar-refractivity contribution in [2.45, 2.75) is 25.9 Å². The molecule has 106 valence electrons. The van der Waals surface area contributed by atoms with Crippen molar-refractivity contribution in [3.8, 4) is 0 Å². The van der Waals surface area contributed by atoms with Crippen molar-refractivity contribution in [1.82, 2.24) is 15.0 Å². The average molecular weight is 296 g/mol. The van der Waals surface area contributed by atoms with Gasteiger partial charge in [-0.3, -0.25) is 10.1 Å². The van der Waals surface area contributed by atoms with Crippen molar-refractivity contribution in [3.63, 3.8) is 0 Å². The third kappa shape index (κ3) is 3.12. The van der Waals surface area contributed by atoms with Crippen LogP contribution in [-0.4, -0.2) is 19.9 Å². The molecule has 0 aliphatic rings. The van der Waals surface area contributed by atoms with Gasteiger partial charge in [-0.25, -0.2) is 4.68 Å². The van der Waals surface area contributed by atoms with E-state index in [0.717, 1.165) is 12.0 Å². The number of hydrogen-bond acceptors (Lipinski definition) is 5. The Kier molecular flexibility index (Phi) is 4.31. The molecular formula is C12H14ClN5O2. The second-order valence-electron chi connectivity index (χ2n) is 4.39. The number of hydrogen-bond donors (Lipinski definition) is 1. The molecule has 20 heavy (non-hydrogen) atoms. The molecule has 2 rings (SSSR count). The highest BCUT2D eigenvalue weighted by atomic mass is 35.5. The van der Waals surface area contributed by atoms with E-state index >= 15 is 0 Å². The molecule has 0 aliphatic heterocycles. The molecule has 8 heteroatoms. The first-order valence-electron chi connectivity index (χ1n) is 6.09. The van der Waals surface area contributed by atoms with Crippen LogP contribution in [0.5, 0.6) is 0 Å². The summed E-state index contributed by atoms with van der Waals surface area (Å²) in [6, 6.07) is 4.21. The van der Waals surface area contributed by atoms with Gasteiger partial charge < -0.3 is 5.73 Å². The molecule has 0 saturated heterocycles. The van der Waals surface area contributed by atoms with E-state index in [2.05, 4.69) is 10.3 Å². The minimum atomic E-state index is -0.483. The van der Waals surface area contributed by atoms with Crippen molar-refractivity contribution in [1.29, 1.82) is 0 Å². The summed E-state index contributed by atoms with van der Waals surface area (Å²) in [7, 11) is 0. The highest BCUT2D eigenvalue weighted by Gasteiger charge is 2.12. The van der Waals surface area contributed by atoms with Crippen LogP contribution in [0.4, 0.5) is 5.69 Å². The number of nitrogens with zero attached hydrogens (tertiary/aromatic N) is 4. The van der Waals surface area contributed by atoms with E-state index < -0.39 is 4.92 Å². The summed E-state index contributed by atoms with van der Waals surface area (Å²) in [4.78, 5) is 10.2. The normalized spacial score (nSPS) is 12.3. The first-order valence-corrected chi connectivity index (χ1v) is 6.47. The van der Waals surface area contributed by atoms with Crippen molar-refractivity contribution in [2.24, 2.45) is 5.73 Å². The molecule has 1 atom stereocenters. The Morgan fingerprint density at radius 2 is 2.30 bits per heavy atom. The van der Waals surface area contributed by atoms with E-state index in [1.54, 1.807) is 16.9 Å². The van der Waals surface area contributed by atoms with Crippen LogP contribution in [0.1, 0.15) is 30.6 Å². The summed E-state index contributed by atoms with van der Waals surface area (Å²) in [6.07, 6.45) is 2.53. The Hall–Kier alpha value is -1.99. The summed E-state index contributed by atoms with van der Waals surface area (Å²) in [5, 5.41) is 18.9. The van der Waals surface area contributed by atoms with Crippen LogP contribution in [0.25, 0.3) is 0 Å². The molecule has 1 aromatic heterocycles. The number of non-ortho nitro benzene ring substituents is 1. The molecule has 1 unspecified atom stereocenters. The predicted molar refractivity (Wildman–Crippen MR) is 74.4 cm³/mol. The number of aromatic nitrogens is 3. The number of rotatable bonds is 5. The number of nitrogens with two attached hydrogens (primary N) is 1. The number of benzene rings is 1. The van der Waals surface area contributed by atoms with Crippen LogP contribution < -0.4 is 5.73 Å². The summed E-state index contributed by atoms with van der Waals surface area (Å²) in [5.74, 6) is 0. The van der Waals surface area contributed by atoms with Crippen molar-refractivity contribution in [2.75, 3.05) is 0 Å². The van der Waals surface area contributed by atoms with Gasteiger partial charge in [0.1, 0.15) is 0 Å². The van der Waals surface area contributed by atoms with Gasteiger partial charge in [-0.1, -0.05) is 23.7 Å². The lowest BCUT2D eigenvalue weighted by Gasteiger charge is -2.04. The monoisotopic (exact) mass is 295 g/mol. The highest BCUT2D eigenvalue weighted by molar-refractivity contribution is 6.31. The SMILES string of the molecule is CCC(N)c1cn(Cc2ccc([N+](=O)[O-])cc2Cl)nn1. The zero-order valence-electron chi connectivity index (χ0n) is 10.9. The molecule has 0 spiro atoms. The van der Waals surface area contributed by atoms with Crippen LogP contribution in [0, 0.1) is 10.1 Å². The Morgan fingerprint density at radius 3 is 2.90 bits per heavy atom. The zero-order chi connectivity index (χ0) is 14.7. The molecule has 1 heterocycles. The Balaban J connectivity index is 2.18. The van der Waals surface area contributed by atoms with Crippen LogP contribution in [0.3, 0.4) is 0 Å². The topological polar surface area (TPSA) is 99.9 Å². The first-order chi connectivity index (χ1) is 9.51. The van der Waals surface area contributed by atoms with E-state index in [1.165, 1.54) is 12.1 Å². The van der Waals surface area contributed by atoms with Crippen LogP contribution in [0.2, 0.25) is 5.02 Å². The number of nitro groups is 1. The molecule has 0 fully saturated rings. The van der Waals surface area contributed by atoms with Gasteiger partial charge >= 0.3 is 0 Å². The fourth-order valence-corrected chi connectivity index (χ4v) is 1.96. The Morgan fingerprint density at radius 1 is 1.55 bits per heavy atom. The van der Waals surface area contributed by atoms with E-state index in [1.807, 2.05) is 6.92 Å². The van der Waals surface area contributed by atoms with Gasteiger partial charge in [-0.2, -0.15) is 0 Å². The van der Waals surface area contributed by atoms with Gasteiger partial charge in [-0.15, -0.1) is 5.10 Å². The van der Waals surface area contributed by atoms with E-state index in [4.69, 9.17) is 17.3 Å². The van der Waals surface area contributed by atoms with Gasteiger partial charge in [0.2, 0.25) is 0 Å². The largest absolute Gasteiger partial charge is 0.323 e. The Labute approximate surface area is 120 Å². The molecule has 0 aliphatic carbocycles. The van der Waals surface area contributed by atoms with Crippen LogP contribution >= 0.6 is 11.6 Å². The van der Waals surface area contributed by atoms with Gasteiger partial charge in [0, 0.05) is 12.1 Å². The highest BCUT2D eigenvalue weighted by Crippen LogP contribution is 2.23. The molecule has 0 radical (unpaired) electrons. The molecule has 0 bridgehead atoms. The zero-order valence-corrected chi connectivity index (χ0v) is 11.6. The third-order valence-electron chi connectivity index (χ3n) is 2.96. The van der Waals surface area contributed by atoms with Gasteiger partial charge in [0.05, 0.1) is 34.4 Å². The lowest BCUT2D eigenvalue weighted by Crippen LogP contribution is -2.08. The van der Waals surface area contributed by atoms with E-state index in [0.29, 0.717) is 17.3 Å². The molecule has 7 nitrogen and oxygen atoms in total. The Bertz CT molecular complexity index is 628. The lowest BCUT2D eigenvalue weighted by atomic mass is 10.2. The quantitative estimate of drug-likeness (QED) is 0.674. The van der Waals surface area contributed by atoms with Crippen molar-refractivity contribution >= 4 is 17.3 Å². The van der Waals surface area contributed by atoms with Gasteiger partial charge in [0.15, 0.2) is 0 Å². The van der Waals surface area contributed by atoms with Crippen molar-refractivity contribution in [3.05, 3.63) is 50.8 Å². The smallest absolute Gasteiger partial charge is 0.270 e. The minimum Gasteiger partial charge on any atom is -0.323 e. The molecule has 1 aromatic carbocycles. The standard InChI is InChI=1S/C12H14ClN5O2/c1-2-11(14)12-7-17(16-15-12)6-8-3-4-9(18(19)20)5-10(8)13/h3-5,7,11H,2,6,14H2,1H3. The first kappa shape index (κ1) is 14.4. The summed E-state index contributed by atoms with van der Waals surface area (Å²) in [6.45, 7) is 2.36. The van der Waals surface area contributed by atoms with Gasteiger partial charge in [-0.05, 0) is 18.1 Å². The summed E-state index contributed by atoms with van der Waals surface area (Å²) < 4.78 is 1.61. The third-order valence-corrected chi connectivity index (χ3v) is 3.31. The molecule has 0 saturated carbocycles. The maximum absolute atomic E-state index is 10.6. The van der Waals surface area contributed by atoms with E-state index in [9.17, 15) is 10.1 Å². The predicted octanol–water partition coefficient (Wildman–Crippen LogP) is 2.30. The fraction of sp³-hybridized carbons (Fsp3) is 0.333. The second kappa shape index (κ2) is 5.98. The van der Waals surface area contributed by atoms with E-state index in [-0.39, 0.29) is 11.7 Å². The van der Waals surface area contributed by atoms with Crippen molar-refractivity contribution < 1.29 is 4.92 Å². The fourth-order valence-electron chi connectivity index (χ4n) is 1.72. The number of halogens is 1. The molecule has 2 N–H and O–H groups in total. The molecule has 2 aromatic rings. The molecular weight excluding hydrogens is 282 g/mol. The summed E-state index contributed by atoms with van der Waals surface area (Å²) >= 11 is 6.03. The van der Waals surface area contributed by atoms with Gasteiger partial charge in [0.25, 0.3) is 5.69 Å². The second-order valence-corrected chi connectivity index (χ2v) is 4.80.